The normalized spacial score (nSPS) is 17.6. The van der Waals surface area contributed by atoms with Crippen molar-refractivity contribution in [2.24, 2.45) is 5.73 Å². The van der Waals surface area contributed by atoms with E-state index < -0.39 is 45.2 Å². The van der Waals surface area contributed by atoms with E-state index in [1.54, 1.807) is 36.9 Å². The van der Waals surface area contributed by atoms with Gasteiger partial charge in [-0.15, -0.1) is 0 Å². The number of nitrogens with zero attached hydrogens (tertiary/aromatic N) is 1. The summed E-state index contributed by atoms with van der Waals surface area (Å²) < 4.78 is 68.8. The van der Waals surface area contributed by atoms with E-state index in [0.29, 0.717) is 30.5 Å². The van der Waals surface area contributed by atoms with Crippen LogP contribution >= 0.6 is 15.9 Å². The maximum atomic E-state index is 14.1. The number of hydrogen-bond donors (Lipinski definition) is 4. The lowest BCUT2D eigenvalue weighted by Gasteiger charge is -2.38. The number of sulfonamides is 1. The molecule has 1 aliphatic carbocycles. The van der Waals surface area contributed by atoms with E-state index in [2.05, 4.69) is 26.0 Å². The summed E-state index contributed by atoms with van der Waals surface area (Å²) in [4.78, 5) is 37.7. The number of nitrogens with one attached hydrogen (secondary N) is 2. The molecule has 2 aromatic rings. The number of aliphatic carboxylic acids is 1. The number of carbonyl (C=O) groups excluding carboxylic acids is 2. The summed E-state index contributed by atoms with van der Waals surface area (Å²) in [5, 5.41) is 9.91. The van der Waals surface area contributed by atoms with E-state index >= 15 is 0 Å². The Labute approximate surface area is 292 Å². The smallest absolute Gasteiger partial charge is 0.475 e. The fourth-order valence-electron chi connectivity index (χ4n) is 5.64. The van der Waals surface area contributed by atoms with Gasteiger partial charge < -0.3 is 25.8 Å². The predicted molar refractivity (Wildman–Crippen MR) is 181 cm³/mol. The fraction of sp³-hybridized carbons (Fsp3) is 0.485. The SMILES string of the molecule is CCN(CC1=C(c2cccc(Br)c2)S(=O)(=O)NC12CCCCC2)C(=O)[C@@H](COCc1ccccc1)NC(=O)C(C)(C)N.O=C(O)C(F)(F)F. The van der Waals surface area contributed by atoms with Gasteiger partial charge in [-0.05, 0) is 62.4 Å². The molecule has 2 amide bonds. The lowest BCUT2D eigenvalue weighted by molar-refractivity contribution is -0.192. The predicted octanol–water partition coefficient (Wildman–Crippen LogP) is 4.72. The molecule has 16 heteroatoms. The minimum Gasteiger partial charge on any atom is -0.475 e. The summed E-state index contributed by atoms with van der Waals surface area (Å²) >= 11 is 3.47. The molecule has 0 radical (unpaired) electrons. The van der Waals surface area contributed by atoms with Gasteiger partial charge in [0.2, 0.25) is 21.8 Å². The van der Waals surface area contributed by atoms with Crippen LogP contribution in [0.5, 0.6) is 0 Å². The summed E-state index contributed by atoms with van der Waals surface area (Å²) in [5.41, 5.74) is 6.27. The van der Waals surface area contributed by atoms with Gasteiger partial charge in [-0.2, -0.15) is 13.2 Å². The molecule has 1 spiro atoms. The number of benzene rings is 2. The molecule has 1 aliphatic heterocycles. The van der Waals surface area contributed by atoms with E-state index in [-0.39, 0.29) is 30.6 Å². The van der Waals surface area contributed by atoms with Crippen molar-refractivity contribution in [1.82, 2.24) is 14.9 Å². The first kappa shape index (κ1) is 40.1. The summed E-state index contributed by atoms with van der Waals surface area (Å²) in [6.07, 6.45) is -0.967. The Morgan fingerprint density at radius 1 is 1.08 bits per heavy atom. The average Bonchev–Trinajstić information content (AvgIpc) is 3.23. The van der Waals surface area contributed by atoms with Crippen LogP contribution < -0.4 is 15.8 Å². The standard InChI is InChI=1S/C31H41BrN4O5S.C2HF3O2/c1-4-36(28(37)26(34-29(38)30(2,3)33)21-41-20-22-12-7-5-8-13-22)19-25-27(23-14-11-15-24(32)18-23)42(39,40)35-31(25)16-9-6-10-17-31;3-2(4,5)1(6)7/h5,7-8,11-15,18,26,35H,4,6,9-10,16-17,19-21,33H2,1-3H3,(H,34,38);(H,6,7)/t26-;/m1./s1. The number of rotatable bonds is 11. The van der Waals surface area contributed by atoms with Crippen LogP contribution in [-0.4, -0.2) is 79.2 Å². The zero-order valence-corrected chi connectivity index (χ0v) is 29.9. The van der Waals surface area contributed by atoms with Gasteiger partial charge in [-0.3, -0.25) is 9.59 Å². The molecule has 2 aliphatic rings. The Morgan fingerprint density at radius 2 is 1.69 bits per heavy atom. The number of carbonyl (C=O) groups is 3. The van der Waals surface area contributed by atoms with E-state index in [4.69, 9.17) is 20.4 Å². The zero-order chi connectivity index (χ0) is 36.6. The molecule has 1 fully saturated rings. The van der Waals surface area contributed by atoms with E-state index in [1.807, 2.05) is 43.3 Å². The topological polar surface area (TPSA) is 168 Å². The van der Waals surface area contributed by atoms with Gasteiger partial charge in [-0.25, -0.2) is 17.9 Å². The fourth-order valence-corrected chi connectivity index (χ4v) is 8.00. The highest BCUT2D eigenvalue weighted by Crippen LogP contribution is 2.46. The van der Waals surface area contributed by atoms with E-state index in [9.17, 15) is 31.2 Å². The maximum absolute atomic E-state index is 14.1. The van der Waals surface area contributed by atoms with Crippen molar-refractivity contribution in [2.45, 2.75) is 82.8 Å². The summed E-state index contributed by atoms with van der Waals surface area (Å²) in [5.74, 6) is -3.60. The number of ether oxygens (including phenoxy) is 1. The van der Waals surface area contributed by atoms with Crippen LogP contribution in [0.4, 0.5) is 13.2 Å². The molecule has 1 atom stereocenters. The second kappa shape index (κ2) is 16.6. The first-order chi connectivity index (χ1) is 22.8. The van der Waals surface area contributed by atoms with Gasteiger partial charge in [-0.1, -0.05) is 77.7 Å². The third-order valence-electron chi connectivity index (χ3n) is 8.11. The minimum atomic E-state index is -5.08. The van der Waals surface area contributed by atoms with Gasteiger partial charge in [0.25, 0.3) is 0 Å². The molecule has 5 N–H and O–H groups in total. The van der Waals surface area contributed by atoms with Crippen LogP contribution in [-0.2, 0) is 35.8 Å². The summed E-state index contributed by atoms with van der Waals surface area (Å²) in [7, 11) is -3.84. The van der Waals surface area contributed by atoms with Crippen LogP contribution in [0.2, 0.25) is 0 Å². The van der Waals surface area contributed by atoms with Crippen molar-refractivity contribution in [3.63, 3.8) is 0 Å². The molecule has 270 valence electrons. The third-order valence-corrected chi connectivity index (χ3v) is 10.3. The van der Waals surface area contributed by atoms with Gasteiger partial charge in [0, 0.05) is 17.6 Å². The summed E-state index contributed by atoms with van der Waals surface area (Å²) in [6, 6.07) is 15.8. The Hall–Kier alpha value is -3.31. The molecule has 0 unspecified atom stereocenters. The van der Waals surface area contributed by atoms with E-state index in [1.165, 1.54) is 0 Å². The molecule has 1 saturated carbocycles. The number of nitrogens with two attached hydrogens (primary N) is 1. The largest absolute Gasteiger partial charge is 0.490 e. The number of alkyl halides is 3. The molecular weight excluding hydrogens is 733 g/mol. The highest BCUT2D eigenvalue weighted by atomic mass is 79.9. The van der Waals surface area contributed by atoms with Gasteiger partial charge in [0.05, 0.1) is 29.2 Å². The summed E-state index contributed by atoms with van der Waals surface area (Å²) in [6.45, 7) is 5.60. The van der Waals surface area contributed by atoms with E-state index in [0.717, 1.165) is 29.3 Å². The average molecular weight is 776 g/mol. The Kier molecular flexibility index (Phi) is 13.6. The van der Waals surface area contributed by atoms with Gasteiger partial charge in [0.15, 0.2) is 0 Å². The van der Waals surface area contributed by atoms with Crippen molar-refractivity contribution in [1.29, 1.82) is 0 Å². The van der Waals surface area contributed by atoms with Crippen molar-refractivity contribution >= 4 is 48.6 Å². The van der Waals surface area contributed by atoms with Crippen LogP contribution in [0.3, 0.4) is 0 Å². The number of carboxylic acid groups (broad SMARTS) is 1. The number of likely N-dealkylation sites (N-methyl/N-ethyl adjacent to an activating group) is 1. The van der Waals surface area contributed by atoms with Gasteiger partial charge in [0.1, 0.15) is 6.04 Å². The molecular formula is C33H42BrF3N4O7S. The lowest BCUT2D eigenvalue weighted by atomic mass is 9.76. The first-order valence-electron chi connectivity index (χ1n) is 15.6. The number of hydrogen-bond acceptors (Lipinski definition) is 7. The molecule has 11 nitrogen and oxygen atoms in total. The maximum Gasteiger partial charge on any atom is 0.490 e. The second-order valence-corrected chi connectivity index (χ2v) is 15.0. The molecule has 0 bridgehead atoms. The highest BCUT2D eigenvalue weighted by molar-refractivity contribution is 9.10. The minimum absolute atomic E-state index is 0.0642. The number of carboxylic acids is 1. The second-order valence-electron chi connectivity index (χ2n) is 12.5. The van der Waals surface area contributed by atoms with Crippen molar-refractivity contribution in [2.75, 3.05) is 19.7 Å². The zero-order valence-electron chi connectivity index (χ0n) is 27.5. The molecule has 4 rings (SSSR count). The van der Waals surface area contributed by atoms with Crippen LogP contribution in [0, 0.1) is 0 Å². The van der Waals surface area contributed by atoms with Crippen molar-refractivity contribution < 1.29 is 45.8 Å². The quantitative estimate of drug-likeness (QED) is 0.255. The van der Waals surface area contributed by atoms with Crippen molar-refractivity contribution in [3.8, 4) is 0 Å². The van der Waals surface area contributed by atoms with Crippen LogP contribution in [0.1, 0.15) is 64.0 Å². The molecule has 1 heterocycles. The number of amides is 2. The Morgan fingerprint density at radius 3 is 2.22 bits per heavy atom. The third kappa shape index (κ3) is 10.8. The lowest BCUT2D eigenvalue weighted by Crippen LogP contribution is -2.58. The molecule has 2 aromatic carbocycles. The molecule has 0 aromatic heterocycles. The van der Waals surface area contributed by atoms with Crippen LogP contribution in [0.15, 0.2) is 64.6 Å². The monoisotopic (exact) mass is 774 g/mol. The Bertz CT molecular complexity index is 1620. The highest BCUT2D eigenvalue weighted by Gasteiger charge is 2.50. The van der Waals surface area contributed by atoms with Crippen LogP contribution in [0.25, 0.3) is 4.91 Å². The van der Waals surface area contributed by atoms with Crippen molar-refractivity contribution in [3.05, 3.63) is 75.8 Å². The number of halogens is 4. The molecule has 0 saturated heterocycles. The molecule has 49 heavy (non-hydrogen) atoms. The van der Waals surface area contributed by atoms with Gasteiger partial charge >= 0.3 is 12.1 Å². The Balaban J connectivity index is 0.000000838. The first-order valence-corrected chi connectivity index (χ1v) is 17.9.